The molecule has 0 saturated carbocycles. The van der Waals surface area contributed by atoms with Crippen LogP contribution in [0.1, 0.15) is 49.5 Å². The highest BCUT2D eigenvalue weighted by Crippen LogP contribution is 2.26. The summed E-state index contributed by atoms with van der Waals surface area (Å²) >= 11 is 1.07. The van der Waals surface area contributed by atoms with Crippen molar-refractivity contribution >= 4 is 31.6 Å². The zero-order valence-electron chi connectivity index (χ0n) is 16.1. The topological polar surface area (TPSA) is 68.2 Å². The van der Waals surface area contributed by atoms with Gasteiger partial charge in [-0.15, -0.1) is 0 Å². The fourth-order valence-electron chi connectivity index (χ4n) is 3.35. The molecule has 3 aromatic rings. The zero-order chi connectivity index (χ0) is 19.9. The van der Waals surface area contributed by atoms with Crippen LogP contribution < -0.4 is 9.60 Å². The average Bonchev–Trinajstić information content (AvgIpc) is 2.89. The summed E-state index contributed by atoms with van der Waals surface area (Å²) in [5, 5.41) is 0. The normalized spacial score (nSPS) is 13.4. The van der Waals surface area contributed by atoms with Crippen molar-refractivity contribution in [2.75, 3.05) is 0 Å². The Labute approximate surface area is 163 Å². The molecule has 0 aliphatic heterocycles. The number of aromatic nitrogens is 1. The van der Waals surface area contributed by atoms with E-state index in [0.717, 1.165) is 33.5 Å². The molecule has 1 atom stereocenters. The second-order valence-electron chi connectivity index (χ2n) is 7.16. The fraction of sp³-hybridized carbons (Fsp3) is 0.350. The standard InChI is InChI=1S/C20H24N2O3S2/c1-12(2)22-18-9-7-16(11-19(18)26-20(22)23)27(24,25)21-15(5)17-8-6-13(3)10-14(17)4/h6-12,15,21H,1-5H3/t15-/m1/s1. The summed E-state index contributed by atoms with van der Waals surface area (Å²) in [6.45, 7) is 9.69. The summed E-state index contributed by atoms with van der Waals surface area (Å²) in [4.78, 5) is 12.3. The van der Waals surface area contributed by atoms with Crippen LogP contribution in [0.25, 0.3) is 10.2 Å². The van der Waals surface area contributed by atoms with Crippen LogP contribution >= 0.6 is 11.3 Å². The van der Waals surface area contributed by atoms with Gasteiger partial charge >= 0.3 is 4.87 Å². The van der Waals surface area contributed by atoms with Crippen LogP contribution in [0, 0.1) is 13.8 Å². The summed E-state index contributed by atoms with van der Waals surface area (Å²) in [6.07, 6.45) is 0. The maximum absolute atomic E-state index is 12.9. The summed E-state index contributed by atoms with van der Waals surface area (Å²) in [7, 11) is -3.70. The second kappa shape index (κ2) is 7.22. The highest BCUT2D eigenvalue weighted by Gasteiger charge is 2.21. The van der Waals surface area contributed by atoms with Crippen LogP contribution in [-0.4, -0.2) is 13.0 Å². The summed E-state index contributed by atoms with van der Waals surface area (Å²) in [5.74, 6) is 0. The number of rotatable bonds is 5. The number of fused-ring (bicyclic) bond motifs is 1. The van der Waals surface area contributed by atoms with Gasteiger partial charge in [-0.3, -0.25) is 9.36 Å². The van der Waals surface area contributed by atoms with Crippen molar-refractivity contribution < 1.29 is 8.42 Å². The lowest BCUT2D eigenvalue weighted by Crippen LogP contribution is -2.27. The molecule has 1 N–H and O–H groups in total. The van der Waals surface area contributed by atoms with Crippen LogP contribution in [0.4, 0.5) is 0 Å². The molecule has 0 unspecified atom stereocenters. The molecule has 0 amide bonds. The van der Waals surface area contributed by atoms with Crippen LogP contribution in [0.5, 0.6) is 0 Å². The van der Waals surface area contributed by atoms with Crippen LogP contribution in [0.2, 0.25) is 0 Å². The Morgan fingerprint density at radius 1 is 1.04 bits per heavy atom. The largest absolute Gasteiger partial charge is 0.308 e. The molecule has 27 heavy (non-hydrogen) atoms. The lowest BCUT2D eigenvalue weighted by Gasteiger charge is -2.17. The molecule has 7 heteroatoms. The van der Waals surface area contributed by atoms with E-state index in [0.29, 0.717) is 4.70 Å². The first kappa shape index (κ1) is 19.8. The molecule has 0 bridgehead atoms. The van der Waals surface area contributed by atoms with Gasteiger partial charge in [-0.2, -0.15) is 0 Å². The molecule has 0 saturated heterocycles. The number of sulfonamides is 1. The van der Waals surface area contributed by atoms with E-state index in [1.54, 1.807) is 22.8 Å². The van der Waals surface area contributed by atoms with Crippen molar-refractivity contribution in [2.24, 2.45) is 0 Å². The van der Waals surface area contributed by atoms with Gasteiger partial charge < -0.3 is 0 Å². The summed E-state index contributed by atoms with van der Waals surface area (Å²) < 4.78 is 30.9. The van der Waals surface area contributed by atoms with E-state index in [9.17, 15) is 13.2 Å². The first-order valence-corrected chi connectivity index (χ1v) is 11.1. The summed E-state index contributed by atoms with van der Waals surface area (Å²) in [6, 6.07) is 10.5. The predicted molar refractivity (Wildman–Crippen MR) is 111 cm³/mol. The Bertz CT molecular complexity index is 1160. The first-order valence-electron chi connectivity index (χ1n) is 8.84. The van der Waals surface area contributed by atoms with E-state index in [1.165, 1.54) is 0 Å². The van der Waals surface area contributed by atoms with Crippen LogP contribution in [0.3, 0.4) is 0 Å². The van der Waals surface area contributed by atoms with Gasteiger partial charge in [0.05, 0.1) is 15.1 Å². The molecular formula is C20H24N2O3S2. The Morgan fingerprint density at radius 3 is 2.37 bits per heavy atom. The van der Waals surface area contributed by atoms with E-state index in [2.05, 4.69) is 4.72 Å². The van der Waals surface area contributed by atoms with E-state index >= 15 is 0 Å². The minimum atomic E-state index is -3.70. The maximum atomic E-state index is 12.9. The third-order valence-corrected chi connectivity index (χ3v) is 7.09. The monoisotopic (exact) mass is 404 g/mol. The molecule has 5 nitrogen and oxygen atoms in total. The number of nitrogens with zero attached hydrogens (tertiary/aromatic N) is 1. The van der Waals surface area contributed by atoms with E-state index in [1.807, 2.05) is 52.8 Å². The molecular weight excluding hydrogens is 380 g/mol. The molecule has 1 heterocycles. The number of hydrogen-bond donors (Lipinski definition) is 1. The van der Waals surface area contributed by atoms with Gasteiger partial charge in [0.2, 0.25) is 10.0 Å². The van der Waals surface area contributed by atoms with Gasteiger partial charge in [0.1, 0.15) is 0 Å². The summed E-state index contributed by atoms with van der Waals surface area (Å²) in [5.41, 5.74) is 3.90. The van der Waals surface area contributed by atoms with Crippen LogP contribution in [0.15, 0.2) is 46.1 Å². The molecule has 0 aliphatic carbocycles. The third kappa shape index (κ3) is 3.85. The van der Waals surface area contributed by atoms with E-state index in [-0.39, 0.29) is 21.9 Å². The van der Waals surface area contributed by atoms with Crippen LogP contribution in [-0.2, 0) is 10.0 Å². The SMILES string of the molecule is Cc1ccc([C@@H](C)NS(=O)(=O)c2ccc3c(c2)sc(=O)n3C(C)C)c(C)c1. The lowest BCUT2D eigenvalue weighted by atomic mass is 10.0. The van der Waals surface area contributed by atoms with Crippen molar-refractivity contribution in [2.45, 2.75) is 51.6 Å². The first-order chi connectivity index (χ1) is 12.6. The molecule has 0 fully saturated rings. The van der Waals surface area contributed by atoms with Gasteiger partial charge in [-0.1, -0.05) is 35.1 Å². The molecule has 3 rings (SSSR count). The van der Waals surface area contributed by atoms with Crippen molar-refractivity contribution in [1.82, 2.24) is 9.29 Å². The number of nitrogens with one attached hydrogen (secondary N) is 1. The molecule has 2 aromatic carbocycles. The minimum absolute atomic E-state index is 0.0244. The molecule has 144 valence electrons. The number of thiazole rings is 1. The average molecular weight is 405 g/mol. The van der Waals surface area contributed by atoms with Gasteiger partial charge in [-0.05, 0) is 63.9 Å². The van der Waals surface area contributed by atoms with Crippen molar-refractivity contribution in [3.63, 3.8) is 0 Å². The van der Waals surface area contributed by atoms with Crippen molar-refractivity contribution in [3.05, 3.63) is 62.8 Å². The van der Waals surface area contributed by atoms with E-state index < -0.39 is 10.0 Å². The third-order valence-electron chi connectivity index (χ3n) is 4.64. The Morgan fingerprint density at radius 2 is 1.74 bits per heavy atom. The van der Waals surface area contributed by atoms with Gasteiger partial charge in [0, 0.05) is 12.1 Å². The highest BCUT2D eigenvalue weighted by molar-refractivity contribution is 7.89. The molecule has 0 aliphatic rings. The molecule has 0 spiro atoms. The minimum Gasteiger partial charge on any atom is -0.296 e. The van der Waals surface area contributed by atoms with Crippen molar-refractivity contribution in [1.29, 1.82) is 0 Å². The smallest absolute Gasteiger partial charge is 0.296 e. The van der Waals surface area contributed by atoms with Crippen molar-refractivity contribution in [3.8, 4) is 0 Å². The highest BCUT2D eigenvalue weighted by atomic mass is 32.2. The van der Waals surface area contributed by atoms with Gasteiger partial charge in [0.15, 0.2) is 0 Å². The molecule has 1 aromatic heterocycles. The number of benzene rings is 2. The molecule has 0 radical (unpaired) electrons. The van der Waals surface area contributed by atoms with Gasteiger partial charge in [0.25, 0.3) is 0 Å². The Kier molecular flexibility index (Phi) is 5.29. The second-order valence-corrected chi connectivity index (χ2v) is 9.87. The van der Waals surface area contributed by atoms with Gasteiger partial charge in [-0.25, -0.2) is 13.1 Å². The Hall–Kier alpha value is -1.96. The lowest BCUT2D eigenvalue weighted by molar-refractivity contribution is 0.566. The Balaban J connectivity index is 1.96. The van der Waals surface area contributed by atoms with E-state index in [4.69, 9.17) is 0 Å². The number of hydrogen-bond acceptors (Lipinski definition) is 4. The number of aryl methyl sites for hydroxylation is 2. The fourth-order valence-corrected chi connectivity index (χ4v) is 5.72. The predicted octanol–water partition coefficient (Wildman–Crippen LogP) is 4.30. The zero-order valence-corrected chi connectivity index (χ0v) is 17.7. The maximum Gasteiger partial charge on any atom is 0.308 e. The quantitative estimate of drug-likeness (QED) is 0.689.